The van der Waals surface area contributed by atoms with Gasteiger partial charge in [0, 0.05) is 31.0 Å². The summed E-state index contributed by atoms with van der Waals surface area (Å²) in [6.45, 7) is 4.59. The minimum Gasteiger partial charge on any atom is -0.341 e. The summed E-state index contributed by atoms with van der Waals surface area (Å²) < 4.78 is 13.5. The molecule has 0 bridgehead atoms. The monoisotopic (exact) mass is 485 g/mol. The molecule has 7 heteroatoms. The van der Waals surface area contributed by atoms with E-state index in [9.17, 15) is 14.0 Å². The zero-order valence-corrected chi connectivity index (χ0v) is 20.7. The summed E-state index contributed by atoms with van der Waals surface area (Å²) in [7, 11) is 1.79. The standard InChI is InChI=1S/C27H33ClFN3O2/c1-3-25(33)26(30)21-12-15-32(16-13-21)17-14-24(20-6-10-23(29)11-7-20)27(34)31(2)18-19-4-8-22(28)9-5-19/h4-11,21,24,30H,3,12-18H2,1-2H3. The van der Waals surface area contributed by atoms with Gasteiger partial charge in [0.2, 0.25) is 5.91 Å². The van der Waals surface area contributed by atoms with Gasteiger partial charge >= 0.3 is 0 Å². The van der Waals surface area contributed by atoms with E-state index in [0.717, 1.165) is 43.6 Å². The smallest absolute Gasteiger partial charge is 0.230 e. The van der Waals surface area contributed by atoms with Crippen LogP contribution in [0.5, 0.6) is 0 Å². The fourth-order valence-corrected chi connectivity index (χ4v) is 4.64. The van der Waals surface area contributed by atoms with Crippen molar-refractivity contribution in [1.29, 1.82) is 5.41 Å². The fraction of sp³-hybridized carbons (Fsp3) is 0.444. The molecule has 1 atom stereocenters. The summed E-state index contributed by atoms with van der Waals surface area (Å²) in [5.41, 5.74) is 2.05. The molecular formula is C27H33ClFN3O2. The van der Waals surface area contributed by atoms with E-state index in [1.54, 1.807) is 31.0 Å². The summed E-state index contributed by atoms with van der Waals surface area (Å²) >= 11 is 5.97. The summed E-state index contributed by atoms with van der Waals surface area (Å²) in [5.74, 6) is -0.745. The number of rotatable bonds is 10. The van der Waals surface area contributed by atoms with Crippen LogP contribution < -0.4 is 0 Å². The first-order valence-corrected chi connectivity index (χ1v) is 12.2. The molecule has 0 aromatic heterocycles. The Bertz CT molecular complexity index is 986. The van der Waals surface area contributed by atoms with E-state index >= 15 is 0 Å². The lowest BCUT2D eigenvalue weighted by Crippen LogP contribution is -2.40. The van der Waals surface area contributed by atoms with Gasteiger partial charge in [0.15, 0.2) is 5.78 Å². The molecule has 1 N–H and O–H groups in total. The average Bonchev–Trinajstić information content (AvgIpc) is 2.85. The molecule has 1 heterocycles. The predicted molar refractivity (Wildman–Crippen MR) is 134 cm³/mol. The first-order chi connectivity index (χ1) is 16.3. The predicted octanol–water partition coefficient (Wildman–Crippen LogP) is 5.32. The van der Waals surface area contributed by atoms with Crippen molar-refractivity contribution in [2.75, 3.05) is 26.7 Å². The van der Waals surface area contributed by atoms with Crippen LogP contribution in [0.1, 0.15) is 49.7 Å². The molecule has 34 heavy (non-hydrogen) atoms. The molecule has 0 aliphatic carbocycles. The zero-order valence-electron chi connectivity index (χ0n) is 19.9. The van der Waals surface area contributed by atoms with Gasteiger partial charge in [-0.1, -0.05) is 42.8 Å². The largest absolute Gasteiger partial charge is 0.341 e. The molecule has 182 valence electrons. The lowest BCUT2D eigenvalue weighted by atomic mass is 9.88. The maximum Gasteiger partial charge on any atom is 0.230 e. The van der Waals surface area contributed by atoms with Crippen LogP contribution in [0.25, 0.3) is 0 Å². The highest BCUT2D eigenvalue weighted by atomic mass is 35.5. The van der Waals surface area contributed by atoms with Gasteiger partial charge in [-0.05, 0) is 74.3 Å². The van der Waals surface area contributed by atoms with Crippen LogP contribution in [-0.2, 0) is 16.1 Å². The third kappa shape index (κ3) is 6.97. The van der Waals surface area contributed by atoms with E-state index in [4.69, 9.17) is 17.0 Å². The number of carbonyl (C=O) groups excluding carboxylic acids is 2. The van der Waals surface area contributed by atoms with Gasteiger partial charge in [0.25, 0.3) is 0 Å². The molecule has 3 rings (SSSR count). The summed E-state index contributed by atoms with van der Waals surface area (Å²) in [6, 6.07) is 13.6. The summed E-state index contributed by atoms with van der Waals surface area (Å²) in [5, 5.41) is 8.76. The zero-order chi connectivity index (χ0) is 24.7. The Kier molecular flexibility index (Phi) is 9.36. The number of benzene rings is 2. The van der Waals surface area contributed by atoms with Gasteiger partial charge < -0.3 is 15.2 Å². The van der Waals surface area contributed by atoms with Crippen LogP contribution in [0.2, 0.25) is 5.02 Å². The Balaban J connectivity index is 1.64. The molecule has 0 saturated carbocycles. The Morgan fingerprint density at radius 3 is 2.32 bits per heavy atom. The minimum atomic E-state index is -0.379. The number of piperidine rings is 1. The number of hydrogen-bond donors (Lipinski definition) is 1. The number of Topliss-reactive ketones (excluding diaryl/α,β-unsaturated/α-hetero) is 1. The summed E-state index contributed by atoms with van der Waals surface area (Å²) in [6.07, 6.45) is 2.57. The fourth-order valence-electron chi connectivity index (χ4n) is 4.51. The minimum absolute atomic E-state index is 0.00763. The molecular weight excluding hydrogens is 453 g/mol. The third-order valence-electron chi connectivity index (χ3n) is 6.63. The highest BCUT2D eigenvalue weighted by Crippen LogP contribution is 2.26. The number of nitrogens with one attached hydrogen (secondary N) is 1. The Morgan fingerprint density at radius 1 is 1.12 bits per heavy atom. The second-order valence-corrected chi connectivity index (χ2v) is 9.46. The Labute approximate surface area is 206 Å². The molecule has 1 saturated heterocycles. The Hall–Kier alpha value is -2.57. The maximum atomic E-state index is 13.5. The van der Waals surface area contributed by atoms with Gasteiger partial charge in [-0.25, -0.2) is 4.39 Å². The van der Waals surface area contributed by atoms with E-state index in [1.807, 2.05) is 24.3 Å². The summed E-state index contributed by atoms with van der Waals surface area (Å²) in [4.78, 5) is 29.3. The van der Waals surface area contributed by atoms with E-state index in [-0.39, 0.29) is 35.1 Å². The lowest BCUT2D eigenvalue weighted by Gasteiger charge is -2.33. The van der Waals surface area contributed by atoms with Gasteiger partial charge in [-0.2, -0.15) is 0 Å². The number of carbonyl (C=O) groups is 2. The third-order valence-corrected chi connectivity index (χ3v) is 6.88. The van der Waals surface area contributed by atoms with Crippen LogP contribution in [0.3, 0.4) is 0 Å². The van der Waals surface area contributed by atoms with Crippen molar-refractivity contribution in [2.45, 2.75) is 45.1 Å². The van der Waals surface area contributed by atoms with Crippen molar-refractivity contribution < 1.29 is 14.0 Å². The van der Waals surface area contributed by atoms with E-state index in [1.165, 1.54) is 12.1 Å². The molecule has 1 fully saturated rings. The normalized spacial score (nSPS) is 15.6. The molecule has 5 nitrogen and oxygen atoms in total. The number of amides is 1. The van der Waals surface area contributed by atoms with Crippen LogP contribution in [-0.4, -0.2) is 53.9 Å². The Morgan fingerprint density at radius 2 is 1.74 bits per heavy atom. The molecule has 1 aliphatic rings. The molecule has 1 aliphatic heterocycles. The second kappa shape index (κ2) is 12.2. The number of ketones is 1. The van der Waals surface area contributed by atoms with Crippen LogP contribution in [0, 0.1) is 17.1 Å². The second-order valence-electron chi connectivity index (χ2n) is 9.02. The molecule has 2 aromatic carbocycles. The van der Waals surface area contributed by atoms with Crippen molar-refractivity contribution in [1.82, 2.24) is 9.80 Å². The van der Waals surface area contributed by atoms with Crippen molar-refractivity contribution in [3.05, 3.63) is 70.5 Å². The lowest BCUT2D eigenvalue weighted by molar-refractivity contribution is -0.132. The van der Waals surface area contributed by atoms with Crippen LogP contribution in [0.15, 0.2) is 48.5 Å². The molecule has 0 spiro atoms. The molecule has 0 radical (unpaired) electrons. The van der Waals surface area contributed by atoms with E-state index < -0.39 is 0 Å². The maximum absolute atomic E-state index is 13.5. The average molecular weight is 486 g/mol. The number of hydrogen-bond acceptors (Lipinski definition) is 4. The van der Waals surface area contributed by atoms with Crippen LogP contribution in [0.4, 0.5) is 4.39 Å². The van der Waals surface area contributed by atoms with Gasteiger partial charge in [-0.15, -0.1) is 0 Å². The topological polar surface area (TPSA) is 64.5 Å². The van der Waals surface area contributed by atoms with Crippen LogP contribution >= 0.6 is 11.6 Å². The first-order valence-electron chi connectivity index (χ1n) is 11.9. The van der Waals surface area contributed by atoms with Crippen molar-refractivity contribution in [3.8, 4) is 0 Å². The quantitative estimate of drug-likeness (QED) is 0.463. The molecule has 2 aromatic rings. The van der Waals surface area contributed by atoms with E-state index in [2.05, 4.69) is 4.90 Å². The van der Waals surface area contributed by atoms with Crippen molar-refractivity contribution in [3.63, 3.8) is 0 Å². The van der Waals surface area contributed by atoms with E-state index in [0.29, 0.717) is 24.4 Å². The molecule has 1 unspecified atom stereocenters. The first kappa shape index (κ1) is 26.0. The highest BCUT2D eigenvalue weighted by Gasteiger charge is 2.28. The number of likely N-dealkylation sites (tertiary alicyclic amines) is 1. The molecule has 1 amide bonds. The van der Waals surface area contributed by atoms with Gasteiger partial charge in [0.05, 0.1) is 11.6 Å². The number of halogens is 2. The van der Waals surface area contributed by atoms with Crippen molar-refractivity contribution in [2.24, 2.45) is 5.92 Å². The van der Waals surface area contributed by atoms with Crippen molar-refractivity contribution >= 4 is 29.0 Å². The highest BCUT2D eigenvalue weighted by molar-refractivity contribution is 6.39. The number of likely N-dealkylation sites (N-methyl/N-ethyl adjacent to an activating group) is 1. The van der Waals surface area contributed by atoms with Gasteiger partial charge in [-0.3, -0.25) is 9.59 Å². The van der Waals surface area contributed by atoms with Gasteiger partial charge in [0.1, 0.15) is 5.82 Å². The number of nitrogens with zero attached hydrogens (tertiary/aromatic N) is 2. The SMILES string of the molecule is CCC(=O)C(=N)C1CCN(CCC(C(=O)N(C)Cc2ccc(Cl)cc2)c2ccc(F)cc2)CC1.